The highest BCUT2D eigenvalue weighted by Crippen LogP contribution is 2.31. The fourth-order valence-corrected chi connectivity index (χ4v) is 4.15. The van der Waals surface area contributed by atoms with Gasteiger partial charge in [-0.2, -0.15) is 0 Å². The molecule has 0 aliphatic rings. The summed E-state index contributed by atoms with van der Waals surface area (Å²) in [6.45, 7) is 6.28. The van der Waals surface area contributed by atoms with Crippen LogP contribution in [0.25, 0.3) is 16.9 Å². The van der Waals surface area contributed by atoms with Gasteiger partial charge in [0.25, 0.3) is 0 Å². The normalized spacial score (nSPS) is 11.1. The second kappa shape index (κ2) is 6.96. The van der Waals surface area contributed by atoms with E-state index in [0.717, 1.165) is 22.6 Å². The van der Waals surface area contributed by atoms with Gasteiger partial charge in [-0.25, -0.2) is 9.97 Å². The van der Waals surface area contributed by atoms with Crippen LogP contribution in [-0.2, 0) is 11.2 Å². The molecular weight excluding hydrogens is 356 g/mol. The molecule has 0 saturated heterocycles. The highest BCUT2D eigenvalue weighted by atomic mass is 32.1. The monoisotopic (exact) mass is 376 g/mol. The Morgan fingerprint density at radius 1 is 1.15 bits per heavy atom. The minimum absolute atomic E-state index is 0.114. The van der Waals surface area contributed by atoms with E-state index in [0.29, 0.717) is 5.13 Å². The quantitative estimate of drug-likeness (QED) is 0.568. The van der Waals surface area contributed by atoms with Gasteiger partial charge in [0, 0.05) is 23.3 Å². The summed E-state index contributed by atoms with van der Waals surface area (Å²) in [5.74, 6) is -0.114. The second-order valence-electron chi connectivity index (χ2n) is 6.73. The number of pyridine rings is 1. The number of thiazole rings is 1. The Morgan fingerprint density at radius 2 is 1.93 bits per heavy atom. The molecule has 0 aliphatic heterocycles. The summed E-state index contributed by atoms with van der Waals surface area (Å²) in [6, 6.07) is 10.1. The van der Waals surface area contributed by atoms with Crippen LogP contribution >= 0.6 is 11.3 Å². The maximum Gasteiger partial charge on any atom is 0.232 e. The highest BCUT2D eigenvalue weighted by Gasteiger charge is 2.13. The third kappa shape index (κ3) is 3.61. The predicted molar refractivity (Wildman–Crippen MR) is 109 cm³/mol. The summed E-state index contributed by atoms with van der Waals surface area (Å²) in [7, 11) is 0. The van der Waals surface area contributed by atoms with E-state index in [9.17, 15) is 4.79 Å². The van der Waals surface area contributed by atoms with Crippen molar-refractivity contribution >= 4 is 28.0 Å². The lowest BCUT2D eigenvalue weighted by Gasteiger charge is -2.08. The molecule has 27 heavy (non-hydrogen) atoms. The van der Waals surface area contributed by atoms with Crippen LogP contribution in [0.1, 0.15) is 22.4 Å². The Kier molecular flexibility index (Phi) is 4.49. The number of anilines is 1. The van der Waals surface area contributed by atoms with Crippen LogP contribution in [0.2, 0.25) is 0 Å². The van der Waals surface area contributed by atoms with Crippen LogP contribution in [0.5, 0.6) is 0 Å². The molecule has 3 heterocycles. The number of imidazole rings is 1. The van der Waals surface area contributed by atoms with Crippen molar-refractivity contribution in [3.05, 3.63) is 70.5 Å². The zero-order valence-electron chi connectivity index (χ0n) is 15.5. The van der Waals surface area contributed by atoms with E-state index in [1.54, 1.807) is 0 Å². The SMILES string of the molecule is Cc1cc(C)c(-c2csc(NC(=O)Cc3cn4ccccc4n3)n2)c(C)c1. The number of fused-ring (bicyclic) bond motifs is 1. The average Bonchev–Trinajstić information content (AvgIpc) is 3.20. The van der Waals surface area contributed by atoms with Gasteiger partial charge < -0.3 is 9.72 Å². The molecule has 1 aromatic carbocycles. The Labute approximate surface area is 161 Å². The van der Waals surface area contributed by atoms with Crippen LogP contribution in [0.4, 0.5) is 5.13 Å². The largest absolute Gasteiger partial charge is 0.307 e. The second-order valence-corrected chi connectivity index (χ2v) is 7.59. The predicted octanol–water partition coefficient (Wildman–Crippen LogP) is 4.56. The topological polar surface area (TPSA) is 59.3 Å². The van der Waals surface area contributed by atoms with Crippen LogP contribution in [0, 0.1) is 20.8 Å². The molecule has 0 spiro atoms. The lowest BCUT2D eigenvalue weighted by molar-refractivity contribution is -0.115. The zero-order valence-corrected chi connectivity index (χ0v) is 16.3. The molecule has 3 aromatic heterocycles. The summed E-state index contributed by atoms with van der Waals surface area (Å²) < 4.78 is 1.91. The minimum Gasteiger partial charge on any atom is -0.307 e. The maximum absolute atomic E-state index is 12.4. The fraction of sp³-hybridized carbons (Fsp3) is 0.190. The molecular formula is C21H20N4OS. The summed E-state index contributed by atoms with van der Waals surface area (Å²) in [5, 5.41) is 5.50. The summed E-state index contributed by atoms with van der Waals surface area (Å²) >= 11 is 1.44. The molecule has 0 atom stereocenters. The van der Waals surface area contributed by atoms with E-state index in [2.05, 4.69) is 48.2 Å². The number of carbonyl (C=O) groups is 1. The van der Waals surface area contributed by atoms with E-state index < -0.39 is 0 Å². The van der Waals surface area contributed by atoms with Gasteiger partial charge in [-0.1, -0.05) is 23.8 Å². The molecule has 4 rings (SSSR count). The Bertz CT molecular complexity index is 1090. The lowest BCUT2D eigenvalue weighted by atomic mass is 9.98. The van der Waals surface area contributed by atoms with E-state index >= 15 is 0 Å². The number of amides is 1. The molecule has 4 aromatic rings. The Morgan fingerprint density at radius 3 is 2.67 bits per heavy atom. The van der Waals surface area contributed by atoms with Gasteiger partial charge in [0.1, 0.15) is 5.65 Å². The third-order valence-electron chi connectivity index (χ3n) is 4.44. The molecule has 0 saturated carbocycles. The van der Waals surface area contributed by atoms with Crippen molar-refractivity contribution in [1.29, 1.82) is 0 Å². The molecule has 0 fully saturated rings. The van der Waals surface area contributed by atoms with Crippen LogP contribution in [0.15, 0.2) is 48.1 Å². The number of nitrogens with zero attached hydrogens (tertiary/aromatic N) is 3. The number of hydrogen-bond donors (Lipinski definition) is 1. The number of nitrogens with one attached hydrogen (secondary N) is 1. The number of rotatable bonds is 4. The van der Waals surface area contributed by atoms with Crippen LogP contribution < -0.4 is 5.32 Å². The summed E-state index contributed by atoms with van der Waals surface area (Å²) in [4.78, 5) is 21.5. The number of aromatic nitrogens is 3. The first kappa shape index (κ1) is 17.4. The molecule has 0 radical (unpaired) electrons. The first-order chi connectivity index (χ1) is 13.0. The van der Waals surface area contributed by atoms with E-state index in [1.807, 2.05) is 40.4 Å². The number of hydrogen-bond acceptors (Lipinski definition) is 4. The maximum atomic E-state index is 12.4. The fourth-order valence-electron chi connectivity index (χ4n) is 3.43. The van der Waals surface area contributed by atoms with E-state index in [4.69, 9.17) is 0 Å². The molecule has 5 nitrogen and oxygen atoms in total. The summed E-state index contributed by atoms with van der Waals surface area (Å²) in [6.07, 6.45) is 4.02. The smallest absolute Gasteiger partial charge is 0.232 e. The highest BCUT2D eigenvalue weighted by molar-refractivity contribution is 7.14. The molecule has 136 valence electrons. The van der Waals surface area contributed by atoms with Crippen molar-refractivity contribution in [2.75, 3.05) is 5.32 Å². The first-order valence-electron chi connectivity index (χ1n) is 8.76. The molecule has 6 heteroatoms. The summed E-state index contributed by atoms with van der Waals surface area (Å²) in [5.41, 5.74) is 7.24. The van der Waals surface area contributed by atoms with E-state index in [-0.39, 0.29) is 12.3 Å². The van der Waals surface area contributed by atoms with Gasteiger partial charge in [0.15, 0.2) is 5.13 Å². The van der Waals surface area contributed by atoms with Gasteiger partial charge >= 0.3 is 0 Å². The first-order valence-corrected chi connectivity index (χ1v) is 9.64. The molecule has 1 N–H and O–H groups in total. The standard InChI is InChI=1S/C21H20N4OS/c1-13-8-14(2)20(15(3)9-13)17-12-27-21(23-17)24-19(26)10-16-11-25-7-5-4-6-18(25)22-16/h4-9,11-12H,10H2,1-3H3,(H,23,24,26). The number of carbonyl (C=O) groups excluding carboxylic acids is 1. The van der Waals surface area contributed by atoms with Gasteiger partial charge in [-0.3, -0.25) is 4.79 Å². The Balaban J connectivity index is 1.50. The molecule has 1 amide bonds. The average molecular weight is 376 g/mol. The van der Waals surface area contributed by atoms with Crippen LogP contribution in [-0.4, -0.2) is 20.3 Å². The number of benzene rings is 1. The van der Waals surface area contributed by atoms with Gasteiger partial charge in [-0.15, -0.1) is 11.3 Å². The van der Waals surface area contributed by atoms with E-state index in [1.165, 1.54) is 28.0 Å². The van der Waals surface area contributed by atoms with Crippen molar-refractivity contribution < 1.29 is 4.79 Å². The number of aryl methyl sites for hydroxylation is 3. The van der Waals surface area contributed by atoms with Crippen LogP contribution in [0.3, 0.4) is 0 Å². The van der Waals surface area contributed by atoms with Gasteiger partial charge in [-0.05, 0) is 44.0 Å². The molecule has 0 aliphatic carbocycles. The molecule has 0 unspecified atom stereocenters. The third-order valence-corrected chi connectivity index (χ3v) is 5.20. The van der Waals surface area contributed by atoms with Gasteiger partial charge in [0.2, 0.25) is 5.91 Å². The van der Waals surface area contributed by atoms with Crippen molar-refractivity contribution in [3.8, 4) is 11.3 Å². The van der Waals surface area contributed by atoms with Crippen molar-refractivity contribution in [3.63, 3.8) is 0 Å². The van der Waals surface area contributed by atoms with Crippen molar-refractivity contribution in [2.24, 2.45) is 0 Å². The lowest BCUT2D eigenvalue weighted by Crippen LogP contribution is -2.14. The van der Waals surface area contributed by atoms with Gasteiger partial charge in [0.05, 0.1) is 17.8 Å². The Hall–Kier alpha value is -2.99. The zero-order chi connectivity index (χ0) is 19.0. The molecule has 0 bridgehead atoms. The van der Waals surface area contributed by atoms with Crippen molar-refractivity contribution in [2.45, 2.75) is 27.2 Å². The van der Waals surface area contributed by atoms with Crippen molar-refractivity contribution in [1.82, 2.24) is 14.4 Å². The minimum atomic E-state index is -0.114.